The van der Waals surface area contributed by atoms with E-state index in [9.17, 15) is 9.59 Å². The topological polar surface area (TPSA) is 65.1 Å². The molecule has 6 nitrogen and oxygen atoms in total. The third-order valence-electron chi connectivity index (χ3n) is 2.36. The average molecular weight is 245 g/mol. The molecule has 1 saturated heterocycles. The maximum absolute atomic E-state index is 11.6. The first-order valence-corrected chi connectivity index (χ1v) is 5.67. The second kappa shape index (κ2) is 6.44. The van der Waals surface area contributed by atoms with Gasteiger partial charge in [0.25, 0.3) is 0 Å². The molecule has 0 aromatic rings. The second-order valence-corrected chi connectivity index (χ2v) is 4.15. The molecule has 0 spiro atoms. The van der Waals surface area contributed by atoms with Crippen molar-refractivity contribution in [1.29, 1.82) is 0 Å². The van der Waals surface area contributed by atoms with Crippen molar-refractivity contribution in [1.82, 2.24) is 4.90 Å². The van der Waals surface area contributed by atoms with Crippen LogP contribution in [0.25, 0.3) is 0 Å². The summed E-state index contributed by atoms with van der Waals surface area (Å²) in [4.78, 5) is 24.3. The maximum atomic E-state index is 11.6. The Morgan fingerprint density at radius 1 is 1.47 bits per heavy atom. The summed E-state index contributed by atoms with van der Waals surface area (Å²) < 4.78 is 15.0. The summed E-state index contributed by atoms with van der Waals surface area (Å²) in [5, 5.41) is 0. The standard InChI is InChI=1S/C11H19NO5/c1-8(2)17-11(14)12-4-5-16-9(7-12)6-10(13)15-3/h8-9H,4-7H2,1-3H3. The number of ether oxygens (including phenoxy) is 3. The SMILES string of the molecule is COC(=O)CC1CN(C(=O)OC(C)C)CCO1. The van der Waals surface area contributed by atoms with E-state index in [0.29, 0.717) is 19.7 Å². The first-order valence-electron chi connectivity index (χ1n) is 5.67. The highest BCUT2D eigenvalue weighted by Gasteiger charge is 2.27. The van der Waals surface area contributed by atoms with Crippen molar-refractivity contribution in [3.05, 3.63) is 0 Å². The fourth-order valence-electron chi connectivity index (χ4n) is 1.55. The molecule has 0 aromatic heterocycles. The summed E-state index contributed by atoms with van der Waals surface area (Å²) in [6.07, 6.45) is -0.666. The molecule has 17 heavy (non-hydrogen) atoms. The predicted molar refractivity (Wildman–Crippen MR) is 59.6 cm³/mol. The molecule has 1 atom stereocenters. The molecule has 1 unspecified atom stereocenters. The van der Waals surface area contributed by atoms with Crippen LogP contribution in [0.3, 0.4) is 0 Å². The van der Waals surface area contributed by atoms with Gasteiger partial charge in [-0.3, -0.25) is 4.79 Å². The molecular formula is C11H19NO5. The zero-order valence-corrected chi connectivity index (χ0v) is 10.5. The summed E-state index contributed by atoms with van der Waals surface area (Å²) in [5.74, 6) is -0.339. The van der Waals surface area contributed by atoms with Crippen molar-refractivity contribution in [2.75, 3.05) is 26.8 Å². The van der Waals surface area contributed by atoms with Crippen LogP contribution < -0.4 is 0 Å². The first-order chi connectivity index (χ1) is 8.02. The minimum absolute atomic E-state index is 0.149. The molecule has 98 valence electrons. The van der Waals surface area contributed by atoms with Crippen LogP contribution in [-0.2, 0) is 19.0 Å². The Labute approximate surface area is 101 Å². The Morgan fingerprint density at radius 2 is 2.18 bits per heavy atom. The lowest BCUT2D eigenvalue weighted by molar-refractivity contribution is -0.145. The van der Waals surface area contributed by atoms with Gasteiger partial charge in [-0.15, -0.1) is 0 Å². The Morgan fingerprint density at radius 3 is 2.76 bits per heavy atom. The van der Waals surface area contributed by atoms with Gasteiger partial charge in [0, 0.05) is 6.54 Å². The number of hydrogen-bond donors (Lipinski definition) is 0. The van der Waals surface area contributed by atoms with E-state index in [2.05, 4.69) is 4.74 Å². The Hall–Kier alpha value is -1.30. The number of hydrogen-bond acceptors (Lipinski definition) is 5. The number of amides is 1. The molecule has 0 aliphatic carbocycles. The number of esters is 1. The summed E-state index contributed by atoms with van der Waals surface area (Å²) >= 11 is 0. The Kier molecular flexibility index (Phi) is 5.21. The monoisotopic (exact) mass is 245 g/mol. The van der Waals surface area contributed by atoms with Gasteiger partial charge in [-0.1, -0.05) is 0 Å². The van der Waals surface area contributed by atoms with E-state index >= 15 is 0 Å². The van der Waals surface area contributed by atoms with Gasteiger partial charge in [0.15, 0.2) is 0 Å². The van der Waals surface area contributed by atoms with Gasteiger partial charge < -0.3 is 19.1 Å². The summed E-state index contributed by atoms with van der Waals surface area (Å²) in [5.41, 5.74) is 0. The van der Waals surface area contributed by atoms with Crippen LogP contribution in [0.4, 0.5) is 4.79 Å². The third kappa shape index (κ3) is 4.60. The van der Waals surface area contributed by atoms with Crippen molar-refractivity contribution in [2.24, 2.45) is 0 Å². The molecule has 1 heterocycles. The van der Waals surface area contributed by atoms with Crippen LogP contribution >= 0.6 is 0 Å². The van der Waals surface area contributed by atoms with Crippen LogP contribution in [0.1, 0.15) is 20.3 Å². The lowest BCUT2D eigenvalue weighted by Gasteiger charge is -2.32. The minimum Gasteiger partial charge on any atom is -0.469 e. The van der Waals surface area contributed by atoms with Gasteiger partial charge in [0.2, 0.25) is 0 Å². The van der Waals surface area contributed by atoms with Gasteiger partial charge in [0.1, 0.15) is 0 Å². The summed E-state index contributed by atoms with van der Waals surface area (Å²) in [6.45, 7) is 4.85. The van der Waals surface area contributed by atoms with E-state index < -0.39 is 0 Å². The fraction of sp³-hybridized carbons (Fsp3) is 0.818. The van der Waals surface area contributed by atoms with Gasteiger partial charge in [-0.25, -0.2) is 4.79 Å². The van der Waals surface area contributed by atoms with Gasteiger partial charge in [-0.2, -0.15) is 0 Å². The molecule has 6 heteroatoms. The third-order valence-corrected chi connectivity index (χ3v) is 2.36. The molecule has 1 fully saturated rings. The zero-order valence-electron chi connectivity index (χ0n) is 10.5. The number of rotatable bonds is 3. The quantitative estimate of drug-likeness (QED) is 0.688. The predicted octanol–water partition coefficient (Wildman–Crippen LogP) is 0.795. The Bertz CT molecular complexity index is 279. The van der Waals surface area contributed by atoms with Crippen LogP contribution in [-0.4, -0.2) is 56.0 Å². The minimum atomic E-state index is -0.363. The average Bonchev–Trinajstić information content (AvgIpc) is 2.28. The van der Waals surface area contributed by atoms with Crippen molar-refractivity contribution < 1.29 is 23.8 Å². The lowest BCUT2D eigenvalue weighted by Crippen LogP contribution is -2.47. The van der Waals surface area contributed by atoms with Crippen molar-refractivity contribution in [3.8, 4) is 0 Å². The van der Waals surface area contributed by atoms with Crippen LogP contribution in [0, 0.1) is 0 Å². The Balaban J connectivity index is 2.43. The van der Waals surface area contributed by atoms with E-state index in [1.54, 1.807) is 18.7 Å². The van der Waals surface area contributed by atoms with Gasteiger partial charge in [0.05, 0.1) is 38.9 Å². The summed E-state index contributed by atoms with van der Waals surface area (Å²) in [7, 11) is 1.33. The number of carbonyl (C=O) groups is 2. The number of morpholine rings is 1. The van der Waals surface area contributed by atoms with E-state index in [-0.39, 0.29) is 30.7 Å². The molecule has 1 aliphatic rings. The molecule has 0 radical (unpaired) electrons. The van der Waals surface area contributed by atoms with E-state index in [4.69, 9.17) is 9.47 Å². The van der Waals surface area contributed by atoms with Crippen molar-refractivity contribution in [3.63, 3.8) is 0 Å². The smallest absolute Gasteiger partial charge is 0.410 e. The molecule has 1 amide bonds. The maximum Gasteiger partial charge on any atom is 0.410 e. The summed E-state index contributed by atoms with van der Waals surface area (Å²) in [6, 6.07) is 0. The number of carbonyl (C=O) groups excluding carboxylic acids is 2. The van der Waals surface area contributed by atoms with E-state index in [0.717, 1.165) is 0 Å². The van der Waals surface area contributed by atoms with E-state index in [1.807, 2.05) is 0 Å². The van der Waals surface area contributed by atoms with Crippen LogP contribution in [0.5, 0.6) is 0 Å². The second-order valence-electron chi connectivity index (χ2n) is 4.15. The van der Waals surface area contributed by atoms with E-state index in [1.165, 1.54) is 7.11 Å². The largest absolute Gasteiger partial charge is 0.469 e. The molecule has 0 saturated carbocycles. The fourth-order valence-corrected chi connectivity index (χ4v) is 1.55. The molecule has 0 aromatic carbocycles. The normalized spacial score (nSPS) is 20.2. The van der Waals surface area contributed by atoms with Crippen LogP contribution in [0.2, 0.25) is 0 Å². The van der Waals surface area contributed by atoms with Crippen LogP contribution in [0.15, 0.2) is 0 Å². The molecule has 1 aliphatic heterocycles. The highest BCUT2D eigenvalue weighted by molar-refractivity contribution is 5.70. The molecule has 1 rings (SSSR count). The van der Waals surface area contributed by atoms with Gasteiger partial charge >= 0.3 is 12.1 Å². The van der Waals surface area contributed by atoms with Crippen molar-refractivity contribution >= 4 is 12.1 Å². The zero-order chi connectivity index (χ0) is 12.8. The number of nitrogens with zero attached hydrogens (tertiary/aromatic N) is 1. The molecule has 0 N–H and O–H groups in total. The van der Waals surface area contributed by atoms with Gasteiger partial charge in [-0.05, 0) is 13.8 Å². The highest BCUT2D eigenvalue weighted by atomic mass is 16.6. The molecular weight excluding hydrogens is 226 g/mol. The van der Waals surface area contributed by atoms with Crippen molar-refractivity contribution in [2.45, 2.75) is 32.5 Å². The lowest BCUT2D eigenvalue weighted by atomic mass is 10.2. The highest BCUT2D eigenvalue weighted by Crippen LogP contribution is 2.11. The number of methoxy groups -OCH3 is 1. The first kappa shape index (κ1) is 13.8. The molecule has 0 bridgehead atoms.